The number of hydrogen-bond acceptors (Lipinski definition) is 1. The summed E-state index contributed by atoms with van der Waals surface area (Å²) < 4.78 is 13.1. The summed E-state index contributed by atoms with van der Waals surface area (Å²) in [7, 11) is 0. The van der Waals surface area contributed by atoms with Gasteiger partial charge in [0.2, 0.25) is 0 Å². The van der Waals surface area contributed by atoms with E-state index in [0.29, 0.717) is 12.0 Å². The zero-order valence-corrected chi connectivity index (χ0v) is 9.09. The summed E-state index contributed by atoms with van der Waals surface area (Å²) in [4.78, 5) is 10.4. The molecule has 0 heterocycles. The fraction of sp³-hybridized carbons (Fsp3) is 0.364. The van der Waals surface area contributed by atoms with E-state index in [9.17, 15) is 9.18 Å². The molecule has 1 N–H and O–H groups in total. The summed E-state index contributed by atoms with van der Waals surface area (Å²) in [6.45, 7) is 1.84. The van der Waals surface area contributed by atoms with E-state index < -0.39 is 11.8 Å². The molecule has 0 aliphatic heterocycles. The van der Waals surface area contributed by atoms with Crippen molar-refractivity contribution in [2.45, 2.75) is 25.7 Å². The van der Waals surface area contributed by atoms with Crippen LogP contribution >= 0.6 is 11.6 Å². The summed E-state index contributed by atoms with van der Waals surface area (Å²) in [5.41, 5.74) is 0.665. The molecule has 0 aliphatic carbocycles. The van der Waals surface area contributed by atoms with Gasteiger partial charge in [-0.2, -0.15) is 0 Å². The molecule has 0 bridgehead atoms. The third-order valence-corrected chi connectivity index (χ3v) is 2.70. The van der Waals surface area contributed by atoms with Crippen LogP contribution in [0.2, 0.25) is 5.02 Å². The van der Waals surface area contributed by atoms with E-state index in [0.717, 1.165) is 0 Å². The molecular weight excluding hydrogens is 219 g/mol. The van der Waals surface area contributed by atoms with Crippen molar-refractivity contribution in [3.8, 4) is 0 Å². The second-order valence-electron chi connectivity index (χ2n) is 3.48. The van der Waals surface area contributed by atoms with E-state index in [1.54, 1.807) is 12.1 Å². The number of carboxylic acid groups (broad SMARTS) is 1. The molecule has 1 aromatic carbocycles. The fourth-order valence-corrected chi connectivity index (χ4v) is 1.71. The number of halogens is 2. The number of aliphatic carboxylic acids is 1. The van der Waals surface area contributed by atoms with E-state index in [1.165, 1.54) is 6.07 Å². The number of carboxylic acids is 1. The summed E-state index contributed by atoms with van der Waals surface area (Å²) in [5, 5.41) is 8.62. The largest absolute Gasteiger partial charge is 0.481 e. The zero-order chi connectivity index (χ0) is 11.4. The number of benzene rings is 1. The first-order valence-corrected chi connectivity index (χ1v) is 5.06. The second kappa shape index (κ2) is 5.12. The predicted octanol–water partition coefficient (Wildman–Crippen LogP) is 3.45. The normalized spacial score (nSPS) is 12.5. The molecule has 0 spiro atoms. The summed E-state index contributed by atoms with van der Waals surface area (Å²) in [6, 6.07) is 4.58. The third kappa shape index (κ3) is 3.20. The molecule has 0 fully saturated rings. The van der Waals surface area contributed by atoms with Crippen LogP contribution in [0, 0.1) is 5.82 Å². The number of carbonyl (C=O) groups is 1. The molecule has 15 heavy (non-hydrogen) atoms. The summed E-state index contributed by atoms with van der Waals surface area (Å²) in [5.74, 6) is -1.37. The Morgan fingerprint density at radius 1 is 1.60 bits per heavy atom. The van der Waals surface area contributed by atoms with E-state index in [-0.39, 0.29) is 17.4 Å². The lowest BCUT2D eigenvalue weighted by molar-refractivity contribution is -0.137. The van der Waals surface area contributed by atoms with Crippen molar-refractivity contribution in [1.82, 2.24) is 0 Å². The molecule has 2 nitrogen and oxygen atoms in total. The van der Waals surface area contributed by atoms with E-state index in [4.69, 9.17) is 16.7 Å². The molecular formula is C11H12ClFO2. The zero-order valence-electron chi connectivity index (χ0n) is 8.34. The quantitative estimate of drug-likeness (QED) is 0.860. The van der Waals surface area contributed by atoms with Gasteiger partial charge in [0, 0.05) is 6.42 Å². The fourth-order valence-electron chi connectivity index (χ4n) is 1.40. The SMILES string of the molecule is CC(CCC(=O)O)c1cccc(F)c1Cl. The Bertz CT molecular complexity index is 366. The van der Waals surface area contributed by atoms with Crippen LogP contribution in [0.1, 0.15) is 31.2 Å². The Labute approximate surface area is 92.7 Å². The lowest BCUT2D eigenvalue weighted by Crippen LogP contribution is -2.01. The molecule has 1 rings (SSSR count). The van der Waals surface area contributed by atoms with Crippen molar-refractivity contribution in [2.75, 3.05) is 0 Å². The van der Waals surface area contributed by atoms with Crippen LogP contribution in [-0.2, 0) is 4.79 Å². The van der Waals surface area contributed by atoms with Gasteiger partial charge in [-0.15, -0.1) is 0 Å². The molecule has 1 unspecified atom stereocenters. The Morgan fingerprint density at radius 3 is 2.87 bits per heavy atom. The monoisotopic (exact) mass is 230 g/mol. The van der Waals surface area contributed by atoms with Gasteiger partial charge < -0.3 is 5.11 Å². The molecule has 82 valence electrons. The van der Waals surface area contributed by atoms with Crippen LogP contribution < -0.4 is 0 Å². The average Bonchev–Trinajstić information content (AvgIpc) is 2.18. The second-order valence-corrected chi connectivity index (χ2v) is 3.85. The maximum absolute atomic E-state index is 13.1. The van der Waals surface area contributed by atoms with Crippen molar-refractivity contribution >= 4 is 17.6 Å². The van der Waals surface area contributed by atoms with Crippen molar-refractivity contribution in [2.24, 2.45) is 0 Å². The Kier molecular flexibility index (Phi) is 4.09. The highest BCUT2D eigenvalue weighted by Gasteiger charge is 2.13. The van der Waals surface area contributed by atoms with E-state index in [2.05, 4.69) is 0 Å². The van der Waals surface area contributed by atoms with Gasteiger partial charge in [-0.1, -0.05) is 30.7 Å². The van der Waals surface area contributed by atoms with Gasteiger partial charge in [0.15, 0.2) is 0 Å². The topological polar surface area (TPSA) is 37.3 Å². The molecule has 1 atom stereocenters. The molecule has 0 saturated heterocycles. The Balaban J connectivity index is 2.77. The molecule has 0 aliphatic rings. The maximum Gasteiger partial charge on any atom is 0.303 e. The molecule has 4 heteroatoms. The first kappa shape index (κ1) is 12.0. The van der Waals surface area contributed by atoms with Crippen molar-refractivity contribution < 1.29 is 14.3 Å². The standard InChI is InChI=1S/C11H12ClFO2/c1-7(5-6-10(14)15)8-3-2-4-9(13)11(8)12/h2-4,7H,5-6H2,1H3,(H,14,15). The van der Waals surface area contributed by atoms with Gasteiger partial charge >= 0.3 is 5.97 Å². The van der Waals surface area contributed by atoms with Gasteiger partial charge in [-0.3, -0.25) is 4.79 Å². The number of hydrogen-bond donors (Lipinski definition) is 1. The van der Waals surface area contributed by atoms with Gasteiger partial charge in [0.25, 0.3) is 0 Å². The third-order valence-electron chi connectivity index (χ3n) is 2.30. The van der Waals surface area contributed by atoms with Gasteiger partial charge in [0.05, 0.1) is 5.02 Å². The lowest BCUT2D eigenvalue weighted by Gasteiger charge is -2.12. The van der Waals surface area contributed by atoms with Crippen LogP contribution in [0.15, 0.2) is 18.2 Å². The highest BCUT2D eigenvalue weighted by Crippen LogP contribution is 2.29. The maximum atomic E-state index is 13.1. The highest BCUT2D eigenvalue weighted by molar-refractivity contribution is 6.31. The highest BCUT2D eigenvalue weighted by atomic mass is 35.5. The molecule has 0 saturated carbocycles. The van der Waals surface area contributed by atoms with Crippen molar-refractivity contribution in [3.63, 3.8) is 0 Å². The van der Waals surface area contributed by atoms with Crippen LogP contribution in [0.5, 0.6) is 0 Å². The van der Waals surface area contributed by atoms with Crippen LogP contribution in [-0.4, -0.2) is 11.1 Å². The van der Waals surface area contributed by atoms with E-state index >= 15 is 0 Å². The number of rotatable bonds is 4. The van der Waals surface area contributed by atoms with Crippen molar-refractivity contribution in [3.05, 3.63) is 34.6 Å². The van der Waals surface area contributed by atoms with Gasteiger partial charge in [0.1, 0.15) is 5.82 Å². The van der Waals surface area contributed by atoms with Crippen molar-refractivity contribution in [1.29, 1.82) is 0 Å². The first-order valence-electron chi connectivity index (χ1n) is 4.68. The minimum absolute atomic E-state index is 0.0516. The predicted molar refractivity (Wildman–Crippen MR) is 56.7 cm³/mol. The Hall–Kier alpha value is -1.09. The molecule has 0 amide bonds. The van der Waals surface area contributed by atoms with Crippen LogP contribution in [0.4, 0.5) is 4.39 Å². The van der Waals surface area contributed by atoms with Crippen LogP contribution in [0.25, 0.3) is 0 Å². The van der Waals surface area contributed by atoms with E-state index in [1.807, 2.05) is 6.92 Å². The summed E-state index contributed by atoms with van der Waals surface area (Å²) >= 11 is 5.78. The average molecular weight is 231 g/mol. The minimum atomic E-state index is -0.852. The minimum Gasteiger partial charge on any atom is -0.481 e. The van der Waals surface area contributed by atoms with Crippen LogP contribution in [0.3, 0.4) is 0 Å². The first-order chi connectivity index (χ1) is 7.02. The summed E-state index contributed by atoms with van der Waals surface area (Å²) in [6.07, 6.45) is 0.520. The van der Waals surface area contributed by atoms with Gasteiger partial charge in [-0.25, -0.2) is 4.39 Å². The molecule has 1 aromatic rings. The smallest absolute Gasteiger partial charge is 0.303 e. The molecule has 0 aromatic heterocycles. The van der Waals surface area contributed by atoms with Gasteiger partial charge in [-0.05, 0) is 24.0 Å². The Morgan fingerprint density at radius 2 is 2.27 bits per heavy atom. The lowest BCUT2D eigenvalue weighted by atomic mass is 9.96. The molecule has 0 radical (unpaired) electrons.